The molecule has 1 unspecified atom stereocenters. The number of anilines is 1. The van der Waals surface area contributed by atoms with Crippen molar-refractivity contribution >= 4 is 22.8 Å². The standard InChI is InChI=1S/C26H31N7O3/c1-16(20-7-6-17(25(34)27-4)9-22(20)36-5)11-28-23-10-21(30-15-31-23)18-8-19-13-32-33(14-26(2,3)35)24(19)29-12-18/h6-10,12-13,15-16,35H,11,14H2,1-5H3,(H,27,34)(H,28,30,31). The molecule has 0 spiro atoms. The van der Waals surface area contributed by atoms with Gasteiger partial charge < -0.3 is 20.5 Å². The van der Waals surface area contributed by atoms with Gasteiger partial charge in [-0.3, -0.25) is 4.79 Å². The number of hydrogen-bond donors (Lipinski definition) is 3. The summed E-state index contributed by atoms with van der Waals surface area (Å²) in [5.74, 6) is 1.29. The number of aliphatic hydroxyl groups is 1. The molecule has 0 bridgehead atoms. The Morgan fingerprint density at radius 3 is 2.69 bits per heavy atom. The number of pyridine rings is 1. The Balaban J connectivity index is 1.49. The molecule has 10 heteroatoms. The van der Waals surface area contributed by atoms with E-state index >= 15 is 0 Å². The maximum Gasteiger partial charge on any atom is 0.251 e. The van der Waals surface area contributed by atoms with E-state index < -0.39 is 5.60 Å². The van der Waals surface area contributed by atoms with Crippen LogP contribution >= 0.6 is 0 Å². The van der Waals surface area contributed by atoms with E-state index in [1.54, 1.807) is 57.2 Å². The lowest BCUT2D eigenvalue weighted by Gasteiger charge is -2.18. The van der Waals surface area contributed by atoms with Gasteiger partial charge in [0.25, 0.3) is 5.91 Å². The van der Waals surface area contributed by atoms with Gasteiger partial charge in [-0.25, -0.2) is 19.6 Å². The Bertz CT molecular complexity index is 1380. The molecule has 0 saturated heterocycles. The van der Waals surface area contributed by atoms with Crippen LogP contribution in [0.15, 0.2) is 49.1 Å². The number of carbonyl (C=O) groups is 1. The molecule has 10 nitrogen and oxygen atoms in total. The first-order valence-electron chi connectivity index (χ1n) is 11.7. The molecule has 0 radical (unpaired) electrons. The minimum atomic E-state index is -0.889. The van der Waals surface area contributed by atoms with Crippen molar-refractivity contribution in [1.29, 1.82) is 0 Å². The molecule has 3 N–H and O–H groups in total. The second kappa shape index (κ2) is 10.3. The predicted molar refractivity (Wildman–Crippen MR) is 138 cm³/mol. The fourth-order valence-corrected chi connectivity index (χ4v) is 3.98. The SMILES string of the molecule is CNC(=O)c1ccc(C(C)CNc2cc(-c3cnc4c(cnn4CC(C)(C)O)c3)ncn2)c(OC)c1. The van der Waals surface area contributed by atoms with Gasteiger partial charge in [0.2, 0.25) is 0 Å². The summed E-state index contributed by atoms with van der Waals surface area (Å²) in [6.45, 7) is 6.51. The first kappa shape index (κ1) is 25.1. The quantitative estimate of drug-likeness (QED) is 0.327. The third-order valence-electron chi connectivity index (χ3n) is 5.82. The number of fused-ring (bicyclic) bond motifs is 1. The van der Waals surface area contributed by atoms with Gasteiger partial charge in [-0.1, -0.05) is 13.0 Å². The lowest BCUT2D eigenvalue weighted by Crippen LogP contribution is -2.26. The molecule has 4 rings (SSSR count). The highest BCUT2D eigenvalue weighted by Gasteiger charge is 2.17. The van der Waals surface area contributed by atoms with Crippen LogP contribution < -0.4 is 15.4 Å². The number of hydrogen-bond acceptors (Lipinski definition) is 8. The number of rotatable bonds is 9. The minimum absolute atomic E-state index is 0.0942. The summed E-state index contributed by atoms with van der Waals surface area (Å²) in [4.78, 5) is 25.3. The number of benzene rings is 1. The highest BCUT2D eigenvalue weighted by molar-refractivity contribution is 5.94. The maximum absolute atomic E-state index is 11.9. The number of nitrogens with one attached hydrogen (secondary N) is 2. The van der Waals surface area contributed by atoms with Gasteiger partial charge in [-0.05, 0) is 37.6 Å². The molecule has 0 aliphatic carbocycles. The van der Waals surface area contributed by atoms with E-state index in [9.17, 15) is 9.90 Å². The molecule has 0 aliphatic heterocycles. The van der Waals surface area contributed by atoms with Gasteiger partial charge in [0.1, 0.15) is 17.9 Å². The minimum Gasteiger partial charge on any atom is -0.496 e. The van der Waals surface area contributed by atoms with Gasteiger partial charge in [0.05, 0.1) is 31.1 Å². The van der Waals surface area contributed by atoms with Gasteiger partial charge in [-0.15, -0.1) is 0 Å². The van der Waals surface area contributed by atoms with Crippen molar-refractivity contribution in [3.8, 4) is 17.0 Å². The first-order chi connectivity index (χ1) is 17.2. The van der Waals surface area contributed by atoms with E-state index in [-0.39, 0.29) is 11.8 Å². The molecule has 3 aromatic heterocycles. The van der Waals surface area contributed by atoms with E-state index in [1.807, 2.05) is 18.2 Å². The van der Waals surface area contributed by atoms with Crippen LogP contribution in [-0.2, 0) is 6.54 Å². The molecule has 0 saturated carbocycles. The third-order valence-corrected chi connectivity index (χ3v) is 5.82. The van der Waals surface area contributed by atoms with Crippen LogP contribution in [-0.4, -0.2) is 62.0 Å². The monoisotopic (exact) mass is 489 g/mol. The van der Waals surface area contributed by atoms with Crippen LogP contribution in [0.3, 0.4) is 0 Å². The number of nitrogens with zero attached hydrogens (tertiary/aromatic N) is 5. The molecule has 1 aromatic carbocycles. The van der Waals surface area contributed by atoms with E-state index in [1.165, 1.54) is 6.33 Å². The lowest BCUT2D eigenvalue weighted by atomic mass is 9.98. The lowest BCUT2D eigenvalue weighted by molar-refractivity contribution is 0.0589. The molecule has 188 valence electrons. The van der Waals surface area contributed by atoms with Gasteiger partial charge >= 0.3 is 0 Å². The van der Waals surface area contributed by atoms with Crippen molar-refractivity contribution in [2.75, 3.05) is 26.0 Å². The summed E-state index contributed by atoms with van der Waals surface area (Å²) >= 11 is 0. The molecule has 1 atom stereocenters. The van der Waals surface area contributed by atoms with Crippen molar-refractivity contribution in [1.82, 2.24) is 30.0 Å². The van der Waals surface area contributed by atoms with Crippen molar-refractivity contribution < 1.29 is 14.6 Å². The topological polar surface area (TPSA) is 127 Å². The largest absolute Gasteiger partial charge is 0.496 e. The van der Waals surface area contributed by atoms with Gasteiger partial charge in [-0.2, -0.15) is 5.10 Å². The highest BCUT2D eigenvalue weighted by atomic mass is 16.5. The summed E-state index contributed by atoms with van der Waals surface area (Å²) in [5, 5.41) is 21.3. The van der Waals surface area contributed by atoms with Crippen molar-refractivity contribution in [3.05, 3.63) is 60.2 Å². The number of carbonyl (C=O) groups excluding carboxylic acids is 1. The number of methoxy groups -OCH3 is 1. The highest BCUT2D eigenvalue weighted by Crippen LogP contribution is 2.29. The molecular weight excluding hydrogens is 458 g/mol. The van der Waals surface area contributed by atoms with E-state index in [2.05, 4.69) is 37.6 Å². The molecule has 1 amide bonds. The van der Waals surface area contributed by atoms with Crippen LogP contribution in [0.5, 0.6) is 5.75 Å². The number of aromatic nitrogens is 5. The normalized spacial score (nSPS) is 12.4. The second-order valence-electron chi connectivity index (χ2n) is 9.36. The molecule has 0 fully saturated rings. The summed E-state index contributed by atoms with van der Waals surface area (Å²) < 4.78 is 7.23. The molecule has 0 aliphatic rings. The van der Waals surface area contributed by atoms with Crippen molar-refractivity contribution in [2.45, 2.75) is 38.8 Å². The molecular formula is C26H31N7O3. The van der Waals surface area contributed by atoms with Crippen LogP contribution in [0.1, 0.15) is 42.6 Å². The fourth-order valence-electron chi connectivity index (χ4n) is 3.98. The van der Waals surface area contributed by atoms with Crippen LogP contribution in [0.25, 0.3) is 22.3 Å². The van der Waals surface area contributed by atoms with E-state index in [0.29, 0.717) is 35.9 Å². The number of ether oxygens (including phenoxy) is 1. The zero-order chi connectivity index (χ0) is 25.9. The Labute approximate surface area is 209 Å². The van der Waals surface area contributed by atoms with E-state index in [0.717, 1.165) is 22.2 Å². The Hall–Kier alpha value is -4.05. The third kappa shape index (κ3) is 5.60. The zero-order valence-electron chi connectivity index (χ0n) is 21.1. The smallest absolute Gasteiger partial charge is 0.251 e. The zero-order valence-corrected chi connectivity index (χ0v) is 21.1. The average molecular weight is 490 g/mol. The summed E-state index contributed by atoms with van der Waals surface area (Å²) in [7, 11) is 3.20. The van der Waals surface area contributed by atoms with Gasteiger partial charge in [0, 0.05) is 48.3 Å². The summed E-state index contributed by atoms with van der Waals surface area (Å²) in [6.07, 6.45) is 5.00. The predicted octanol–water partition coefficient (Wildman–Crippen LogP) is 3.24. The Morgan fingerprint density at radius 1 is 1.17 bits per heavy atom. The van der Waals surface area contributed by atoms with Crippen LogP contribution in [0, 0.1) is 0 Å². The number of amides is 1. The second-order valence-corrected chi connectivity index (χ2v) is 9.36. The molecule has 3 heterocycles. The van der Waals surface area contributed by atoms with E-state index in [4.69, 9.17) is 4.74 Å². The van der Waals surface area contributed by atoms with Crippen molar-refractivity contribution in [3.63, 3.8) is 0 Å². The van der Waals surface area contributed by atoms with Crippen LogP contribution in [0.2, 0.25) is 0 Å². The maximum atomic E-state index is 11.9. The Kier molecular flexibility index (Phi) is 7.16. The van der Waals surface area contributed by atoms with Crippen LogP contribution in [0.4, 0.5) is 5.82 Å². The summed E-state index contributed by atoms with van der Waals surface area (Å²) in [5.41, 5.74) is 2.94. The summed E-state index contributed by atoms with van der Waals surface area (Å²) in [6, 6.07) is 9.32. The first-order valence-corrected chi connectivity index (χ1v) is 11.7. The average Bonchev–Trinajstić information content (AvgIpc) is 3.26. The van der Waals surface area contributed by atoms with Gasteiger partial charge in [0.15, 0.2) is 5.65 Å². The Morgan fingerprint density at radius 2 is 1.97 bits per heavy atom. The molecule has 36 heavy (non-hydrogen) atoms. The van der Waals surface area contributed by atoms with Crippen molar-refractivity contribution in [2.24, 2.45) is 0 Å². The molecule has 4 aromatic rings. The fraction of sp³-hybridized carbons (Fsp3) is 0.346.